The third kappa shape index (κ3) is 4.02. The Morgan fingerprint density at radius 3 is 2.78 bits per heavy atom. The van der Waals surface area contributed by atoms with E-state index in [1.54, 1.807) is 25.1 Å². The van der Waals surface area contributed by atoms with Crippen LogP contribution < -0.4 is 9.47 Å². The van der Waals surface area contributed by atoms with E-state index in [0.717, 1.165) is 0 Å². The largest absolute Gasteiger partial charge is 0.490 e. The fraction of sp³-hybridized carbons (Fsp3) is 0.350. The maximum atomic E-state index is 12.3. The summed E-state index contributed by atoms with van der Waals surface area (Å²) in [5.74, 6) is 2.04. The van der Waals surface area contributed by atoms with Gasteiger partial charge in [0.1, 0.15) is 5.76 Å². The average molecular weight is 369 g/mol. The Morgan fingerprint density at radius 1 is 1.30 bits per heavy atom. The lowest BCUT2D eigenvalue weighted by molar-refractivity contribution is -0.114. The van der Waals surface area contributed by atoms with Gasteiger partial charge in [-0.3, -0.25) is 10.2 Å². The van der Waals surface area contributed by atoms with Crippen molar-refractivity contribution in [2.24, 2.45) is 10.9 Å². The van der Waals surface area contributed by atoms with Crippen molar-refractivity contribution < 1.29 is 19.1 Å². The van der Waals surface area contributed by atoms with Crippen LogP contribution in [0.1, 0.15) is 33.3 Å². The number of benzene rings is 1. The minimum absolute atomic E-state index is 0.0452. The van der Waals surface area contributed by atoms with Crippen LogP contribution >= 0.6 is 0 Å². The molecule has 1 aromatic rings. The first-order valence-electron chi connectivity index (χ1n) is 8.88. The fourth-order valence-electron chi connectivity index (χ4n) is 2.63. The van der Waals surface area contributed by atoms with Crippen molar-refractivity contribution in [1.82, 2.24) is 5.06 Å². The van der Waals surface area contributed by atoms with Gasteiger partial charge < -0.3 is 14.3 Å². The summed E-state index contributed by atoms with van der Waals surface area (Å²) >= 11 is 0. The third-order valence-corrected chi connectivity index (χ3v) is 3.83. The number of carbonyl (C=O) groups is 1. The van der Waals surface area contributed by atoms with Gasteiger partial charge >= 0.3 is 0 Å². The molecule has 2 aliphatic rings. The zero-order valence-corrected chi connectivity index (χ0v) is 15.9. The summed E-state index contributed by atoms with van der Waals surface area (Å²) in [7, 11) is 0. The van der Waals surface area contributed by atoms with Crippen LogP contribution in [0, 0.1) is 11.3 Å². The zero-order valence-electron chi connectivity index (χ0n) is 15.9. The van der Waals surface area contributed by atoms with Gasteiger partial charge in [-0.25, -0.2) is 0 Å². The SMILES string of the molecule is CCOc1cc(/C=C2/C(=N)N3OC(C)=CC3=NC2=O)ccc1OCC(C)C. The molecule has 3 rings (SSSR count). The number of carbonyl (C=O) groups excluding carboxylic acids is 1. The molecule has 1 N–H and O–H groups in total. The van der Waals surface area contributed by atoms with E-state index >= 15 is 0 Å². The van der Waals surface area contributed by atoms with Gasteiger partial charge in [-0.1, -0.05) is 19.9 Å². The van der Waals surface area contributed by atoms with Crippen molar-refractivity contribution in [2.75, 3.05) is 13.2 Å². The van der Waals surface area contributed by atoms with Crippen molar-refractivity contribution in [3.8, 4) is 11.5 Å². The van der Waals surface area contributed by atoms with E-state index in [1.807, 2.05) is 19.1 Å². The first kappa shape index (κ1) is 18.7. The molecule has 2 aliphatic heterocycles. The number of nitrogens with zero attached hydrogens (tertiary/aromatic N) is 2. The molecule has 0 atom stereocenters. The second-order valence-corrected chi connectivity index (χ2v) is 6.67. The van der Waals surface area contributed by atoms with Crippen LogP contribution in [0.25, 0.3) is 6.08 Å². The van der Waals surface area contributed by atoms with Gasteiger partial charge in [0.2, 0.25) is 0 Å². The van der Waals surface area contributed by atoms with Crippen LogP contribution in [-0.2, 0) is 9.63 Å². The molecule has 0 radical (unpaired) electrons. The number of amides is 1. The first-order valence-corrected chi connectivity index (χ1v) is 8.88. The van der Waals surface area contributed by atoms with Crippen molar-refractivity contribution in [3.05, 3.63) is 41.2 Å². The summed E-state index contributed by atoms with van der Waals surface area (Å²) in [6, 6.07) is 5.42. The summed E-state index contributed by atoms with van der Waals surface area (Å²) in [5, 5.41) is 9.52. The lowest BCUT2D eigenvalue weighted by Crippen LogP contribution is -2.38. The smallest absolute Gasteiger partial charge is 0.282 e. The standard InChI is InChI=1S/C20H23N3O4/c1-5-25-17-10-14(6-7-16(17)26-11-12(2)3)9-15-19(21)23-18(22-20(15)24)8-13(4)27-23/h6-10,12,21H,5,11H2,1-4H3/b15-9-,21-19?. The molecule has 0 saturated carbocycles. The van der Waals surface area contributed by atoms with Crippen LogP contribution in [0.15, 0.2) is 40.6 Å². The molecular formula is C20H23N3O4. The molecule has 0 bridgehead atoms. The number of allylic oxidation sites excluding steroid dienone is 1. The Kier molecular flexibility index (Phi) is 5.30. The fourth-order valence-corrected chi connectivity index (χ4v) is 2.63. The molecule has 1 amide bonds. The quantitative estimate of drug-likeness (QED) is 0.775. The average Bonchev–Trinajstić information content (AvgIpc) is 2.98. The molecule has 0 aromatic heterocycles. The monoisotopic (exact) mass is 369 g/mol. The van der Waals surface area contributed by atoms with Gasteiger partial charge in [0, 0.05) is 6.08 Å². The molecule has 1 aromatic carbocycles. The Hall–Kier alpha value is -3.09. The minimum Gasteiger partial charge on any atom is -0.490 e. The van der Waals surface area contributed by atoms with E-state index in [-0.39, 0.29) is 11.4 Å². The number of hydrogen-bond acceptors (Lipinski definition) is 5. The van der Waals surface area contributed by atoms with Gasteiger partial charge in [-0.2, -0.15) is 4.99 Å². The molecule has 0 unspecified atom stereocenters. The van der Waals surface area contributed by atoms with Crippen molar-refractivity contribution in [3.63, 3.8) is 0 Å². The Balaban J connectivity index is 1.89. The number of ether oxygens (including phenoxy) is 2. The second-order valence-electron chi connectivity index (χ2n) is 6.67. The van der Waals surface area contributed by atoms with Gasteiger partial charge in [0.25, 0.3) is 5.91 Å². The number of rotatable bonds is 6. The summed E-state index contributed by atoms with van der Waals surface area (Å²) in [6.07, 6.45) is 3.23. The number of amidine groups is 2. The molecular weight excluding hydrogens is 346 g/mol. The van der Waals surface area contributed by atoms with Crippen LogP contribution in [0.3, 0.4) is 0 Å². The van der Waals surface area contributed by atoms with E-state index in [2.05, 4.69) is 18.8 Å². The summed E-state index contributed by atoms with van der Waals surface area (Å²) in [5.41, 5.74) is 0.867. The summed E-state index contributed by atoms with van der Waals surface area (Å²) in [4.78, 5) is 21.8. The topological polar surface area (TPSA) is 84.2 Å². The molecule has 0 saturated heterocycles. The van der Waals surface area contributed by atoms with Crippen LogP contribution in [0.5, 0.6) is 11.5 Å². The highest BCUT2D eigenvalue weighted by Crippen LogP contribution is 2.31. The van der Waals surface area contributed by atoms with E-state index < -0.39 is 5.91 Å². The normalized spacial score (nSPS) is 17.7. The van der Waals surface area contributed by atoms with Crippen molar-refractivity contribution in [2.45, 2.75) is 27.7 Å². The number of fused-ring (bicyclic) bond motifs is 1. The lowest BCUT2D eigenvalue weighted by atomic mass is 10.1. The third-order valence-electron chi connectivity index (χ3n) is 3.83. The molecule has 0 spiro atoms. The second kappa shape index (κ2) is 7.65. The predicted molar refractivity (Wildman–Crippen MR) is 103 cm³/mol. The number of hydrogen-bond donors (Lipinski definition) is 1. The van der Waals surface area contributed by atoms with Gasteiger partial charge in [0.15, 0.2) is 23.2 Å². The number of nitrogens with one attached hydrogen (secondary N) is 1. The molecule has 2 heterocycles. The van der Waals surface area contributed by atoms with Crippen LogP contribution in [-0.4, -0.2) is 35.9 Å². The molecule has 7 nitrogen and oxygen atoms in total. The van der Waals surface area contributed by atoms with Crippen LogP contribution in [0.2, 0.25) is 0 Å². The summed E-state index contributed by atoms with van der Waals surface area (Å²) in [6.45, 7) is 8.86. The number of aliphatic imine (C=N–C) groups is 1. The Bertz CT molecular complexity index is 868. The Morgan fingerprint density at radius 2 is 2.07 bits per heavy atom. The molecule has 7 heteroatoms. The van der Waals surface area contributed by atoms with E-state index in [9.17, 15) is 4.79 Å². The highest BCUT2D eigenvalue weighted by Gasteiger charge is 2.34. The molecule has 0 aliphatic carbocycles. The highest BCUT2D eigenvalue weighted by atomic mass is 16.7. The molecule has 0 fully saturated rings. The van der Waals surface area contributed by atoms with Gasteiger partial charge in [0.05, 0.1) is 18.8 Å². The maximum absolute atomic E-state index is 12.3. The van der Waals surface area contributed by atoms with Crippen molar-refractivity contribution >= 4 is 23.7 Å². The van der Waals surface area contributed by atoms with Crippen molar-refractivity contribution in [1.29, 1.82) is 5.41 Å². The first-order chi connectivity index (χ1) is 12.9. The van der Waals surface area contributed by atoms with Crippen LogP contribution in [0.4, 0.5) is 0 Å². The minimum atomic E-state index is -0.473. The van der Waals surface area contributed by atoms with E-state index in [0.29, 0.717) is 47.8 Å². The van der Waals surface area contributed by atoms with Gasteiger partial charge in [-0.15, -0.1) is 5.06 Å². The predicted octanol–water partition coefficient (Wildman–Crippen LogP) is 3.57. The highest BCUT2D eigenvalue weighted by molar-refractivity contribution is 6.32. The summed E-state index contributed by atoms with van der Waals surface area (Å²) < 4.78 is 11.5. The maximum Gasteiger partial charge on any atom is 0.282 e. The van der Waals surface area contributed by atoms with E-state index in [4.69, 9.17) is 19.7 Å². The van der Waals surface area contributed by atoms with Gasteiger partial charge in [-0.05, 0) is 43.5 Å². The van der Waals surface area contributed by atoms with E-state index in [1.165, 1.54) is 5.06 Å². The zero-order chi connectivity index (χ0) is 19.6. The lowest BCUT2D eigenvalue weighted by Gasteiger charge is -2.23. The Labute approximate surface area is 158 Å². The molecule has 142 valence electrons. The number of hydroxylamine groups is 2. The molecule has 27 heavy (non-hydrogen) atoms.